The van der Waals surface area contributed by atoms with Gasteiger partial charge in [-0.15, -0.1) is 11.8 Å². The van der Waals surface area contributed by atoms with Gasteiger partial charge >= 0.3 is 0 Å². The summed E-state index contributed by atoms with van der Waals surface area (Å²) in [4.78, 5) is 0.962. The summed E-state index contributed by atoms with van der Waals surface area (Å²) in [5.41, 5.74) is 6.38. The molecule has 0 atom stereocenters. The summed E-state index contributed by atoms with van der Waals surface area (Å²) in [7, 11) is 0. The summed E-state index contributed by atoms with van der Waals surface area (Å²) in [6.07, 6.45) is 1.96. The summed E-state index contributed by atoms with van der Waals surface area (Å²) >= 11 is 7.39. The molecule has 0 spiro atoms. The van der Waals surface area contributed by atoms with Crippen LogP contribution in [-0.2, 0) is 0 Å². The Hall–Kier alpha value is -0.340. The zero-order valence-electron chi connectivity index (χ0n) is 5.60. The molecule has 0 unspecified atom stereocenters. The first kappa shape index (κ1) is 7.76. The molecule has 0 aromatic heterocycles. The molecule has 54 valence electrons. The average Bonchev–Trinajstić information content (AvgIpc) is 1.88. The van der Waals surface area contributed by atoms with Gasteiger partial charge in [-0.25, -0.2) is 0 Å². The van der Waals surface area contributed by atoms with E-state index in [0.717, 1.165) is 15.6 Å². The van der Waals surface area contributed by atoms with Crippen molar-refractivity contribution in [1.29, 1.82) is 0 Å². The Labute approximate surface area is 69.6 Å². The molecular weight excluding hydrogens is 166 g/mol. The van der Waals surface area contributed by atoms with Crippen molar-refractivity contribution in [3.05, 3.63) is 23.2 Å². The summed E-state index contributed by atoms with van der Waals surface area (Å²) in [5.74, 6) is 0. The van der Waals surface area contributed by atoms with Crippen molar-refractivity contribution < 1.29 is 0 Å². The summed E-state index contributed by atoms with van der Waals surface area (Å²) in [6.45, 7) is 0. The quantitative estimate of drug-likeness (QED) is 0.522. The maximum Gasteiger partial charge on any atom is 0.0562 e. The molecule has 1 rings (SSSR count). The van der Waals surface area contributed by atoms with Gasteiger partial charge in [-0.3, -0.25) is 0 Å². The van der Waals surface area contributed by atoms with Gasteiger partial charge in [-0.1, -0.05) is 17.7 Å². The van der Waals surface area contributed by atoms with Gasteiger partial charge in [0.2, 0.25) is 0 Å². The highest BCUT2D eigenvalue weighted by atomic mass is 35.5. The van der Waals surface area contributed by atoms with Crippen molar-refractivity contribution in [2.24, 2.45) is 0 Å². The van der Waals surface area contributed by atoms with Crippen LogP contribution in [0.2, 0.25) is 5.02 Å². The van der Waals surface area contributed by atoms with Crippen LogP contribution in [0.5, 0.6) is 0 Å². The molecule has 0 aliphatic rings. The van der Waals surface area contributed by atoms with Crippen molar-refractivity contribution in [1.82, 2.24) is 0 Å². The Balaban J connectivity index is 3.17. The molecule has 2 N–H and O–H groups in total. The van der Waals surface area contributed by atoms with Crippen molar-refractivity contribution >= 4 is 29.1 Å². The van der Waals surface area contributed by atoms with Crippen molar-refractivity contribution in [2.75, 3.05) is 12.0 Å². The Morgan fingerprint density at radius 3 is 2.60 bits per heavy atom. The molecule has 0 aliphatic heterocycles. The van der Waals surface area contributed by atoms with E-state index in [-0.39, 0.29) is 0 Å². The minimum Gasteiger partial charge on any atom is -0.398 e. The number of hydrogen-bond acceptors (Lipinski definition) is 2. The normalized spacial score (nSPS) is 9.80. The van der Waals surface area contributed by atoms with Crippen molar-refractivity contribution in [2.45, 2.75) is 4.90 Å². The fourth-order valence-electron chi connectivity index (χ4n) is 0.741. The van der Waals surface area contributed by atoms with Gasteiger partial charge in [0.05, 0.1) is 5.02 Å². The summed E-state index contributed by atoms with van der Waals surface area (Å²) < 4.78 is 0. The molecule has 0 saturated heterocycles. The third-order valence-corrected chi connectivity index (χ3v) is 2.49. The number of benzene rings is 1. The maximum absolute atomic E-state index is 5.83. The van der Waals surface area contributed by atoms with Gasteiger partial charge in [0.1, 0.15) is 0 Å². The predicted molar refractivity (Wildman–Crippen MR) is 47.6 cm³/mol. The molecule has 0 fully saturated rings. The van der Waals surface area contributed by atoms with Crippen LogP contribution in [0.15, 0.2) is 23.1 Å². The molecule has 0 amide bonds. The third-order valence-electron chi connectivity index (χ3n) is 1.20. The number of hydrogen-bond donors (Lipinski definition) is 1. The maximum atomic E-state index is 5.83. The van der Waals surface area contributed by atoms with Crippen LogP contribution in [-0.4, -0.2) is 6.26 Å². The van der Waals surface area contributed by atoms with Crippen molar-refractivity contribution in [3.63, 3.8) is 0 Å². The average molecular weight is 174 g/mol. The second kappa shape index (κ2) is 3.17. The first-order valence-electron chi connectivity index (χ1n) is 2.83. The molecule has 1 aromatic rings. The molecule has 0 heterocycles. The lowest BCUT2D eigenvalue weighted by Gasteiger charge is -2.02. The fourth-order valence-corrected chi connectivity index (χ4v) is 1.72. The van der Waals surface area contributed by atoms with Crippen LogP contribution in [0.4, 0.5) is 5.69 Å². The first-order chi connectivity index (χ1) is 4.75. The van der Waals surface area contributed by atoms with Crippen LogP contribution >= 0.6 is 23.4 Å². The van der Waals surface area contributed by atoms with E-state index in [1.807, 2.05) is 24.5 Å². The molecule has 0 aliphatic carbocycles. The summed E-state index contributed by atoms with van der Waals surface area (Å²) in [6, 6.07) is 5.53. The fraction of sp³-hybridized carbons (Fsp3) is 0.143. The Morgan fingerprint density at radius 1 is 1.50 bits per heavy atom. The largest absolute Gasteiger partial charge is 0.398 e. The van der Waals surface area contributed by atoms with Crippen LogP contribution in [0, 0.1) is 0 Å². The van der Waals surface area contributed by atoms with Crippen LogP contribution < -0.4 is 5.73 Å². The Morgan fingerprint density at radius 2 is 2.20 bits per heavy atom. The summed E-state index contributed by atoms with van der Waals surface area (Å²) in [5, 5.41) is 0.729. The molecule has 1 aromatic carbocycles. The lowest BCUT2D eigenvalue weighted by molar-refractivity contribution is 1.47. The van der Waals surface area contributed by atoms with E-state index >= 15 is 0 Å². The minimum atomic E-state index is 0.729. The van der Waals surface area contributed by atoms with E-state index in [9.17, 15) is 0 Å². The molecule has 0 radical (unpaired) electrons. The number of rotatable bonds is 1. The van der Waals surface area contributed by atoms with Crippen molar-refractivity contribution in [3.8, 4) is 0 Å². The SMILES string of the molecule is CSc1c(N)cccc1Cl. The van der Waals surface area contributed by atoms with Gasteiger partial charge < -0.3 is 5.73 Å². The molecule has 0 saturated carbocycles. The highest BCUT2D eigenvalue weighted by Gasteiger charge is 2.00. The van der Waals surface area contributed by atoms with Gasteiger partial charge in [-0.2, -0.15) is 0 Å². The van der Waals surface area contributed by atoms with E-state index in [1.54, 1.807) is 11.8 Å². The molecule has 0 bridgehead atoms. The lowest BCUT2D eigenvalue weighted by atomic mass is 10.3. The van der Waals surface area contributed by atoms with Gasteiger partial charge in [0.25, 0.3) is 0 Å². The minimum absolute atomic E-state index is 0.729. The van der Waals surface area contributed by atoms with Gasteiger partial charge in [0, 0.05) is 10.6 Å². The Kier molecular flexibility index (Phi) is 2.46. The van der Waals surface area contributed by atoms with Gasteiger partial charge in [-0.05, 0) is 18.4 Å². The highest BCUT2D eigenvalue weighted by molar-refractivity contribution is 7.98. The van der Waals surface area contributed by atoms with E-state index in [4.69, 9.17) is 17.3 Å². The smallest absolute Gasteiger partial charge is 0.0562 e. The van der Waals surface area contributed by atoms with Crippen LogP contribution in [0.25, 0.3) is 0 Å². The monoisotopic (exact) mass is 173 g/mol. The van der Waals surface area contributed by atoms with Crippen LogP contribution in [0.1, 0.15) is 0 Å². The number of halogens is 1. The standard InChI is InChI=1S/C7H8ClNS/c1-10-7-5(8)3-2-4-6(7)9/h2-4H,9H2,1H3. The van der Waals surface area contributed by atoms with Crippen LogP contribution in [0.3, 0.4) is 0 Å². The molecule has 1 nitrogen and oxygen atoms in total. The topological polar surface area (TPSA) is 26.0 Å². The van der Waals surface area contributed by atoms with E-state index in [2.05, 4.69) is 0 Å². The molecular formula is C7H8ClNS. The molecule has 3 heteroatoms. The second-order valence-corrected chi connectivity index (χ2v) is 3.09. The first-order valence-corrected chi connectivity index (χ1v) is 4.44. The van der Waals surface area contributed by atoms with E-state index in [1.165, 1.54) is 0 Å². The van der Waals surface area contributed by atoms with E-state index < -0.39 is 0 Å². The van der Waals surface area contributed by atoms with Gasteiger partial charge in [0.15, 0.2) is 0 Å². The zero-order valence-corrected chi connectivity index (χ0v) is 7.17. The molecule has 10 heavy (non-hydrogen) atoms. The zero-order chi connectivity index (χ0) is 7.56. The lowest BCUT2D eigenvalue weighted by Crippen LogP contribution is -1.87. The number of anilines is 1. The predicted octanol–water partition coefficient (Wildman–Crippen LogP) is 2.64. The second-order valence-electron chi connectivity index (χ2n) is 1.86. The highest BCUT2D eigenvalue weighted by Crippen LogP contribution is 2.30. The third kappa shape index (κ3) is 1.39. The van der Waals surface area contributed by atoms with E-state index in [0.29, 0.717) is 0 Å². The number of nitrogens with two attached hydrogens (primary N) is 1. The number of nitrogen functional groups attached to an aromatic ring is 1. The Bertz CT molecular complexity index is 217. The number of thioether (sulfide) groups is 1.